The monoisotopic (exact) mass is 423 g/mol. The zero-order chi connectivity index (χ0) is 20.2. The van der Waals surface area contributed by atoms with Crippen LogP contribution in [0.5, 0.6) is 0 Å². The Morgan fingerprint density at radius 2 is 1.90 bits per heavy atom. The largest absolute Gasteiger partial charge is 0.353 e. The Hall–Kier alpha value is -2.72. The molecule has 0 saturated heterocycles. The van der Waals surface area contributed by atoms with E-state index in [9.17, 15) is 4.79 Å². The van der Waals surface area contributed by atoms with Crippen LogP contribution < -0.4 is 15.9 Å². The maximum absolute atomic E-state index is 13.1. The molecule has 7 heteroatoms. The molecular weight excluding hydrogens is 405 g/mol. The molecule has 0 saturated carbocycles. The fraction of sp³-hybridized carbons (Fsp3) is 0.0909. The van der Waals surface area contributed by atoms with Crippen LogP contribution in [0.15, 0.2) is 73.1 Å². The number of amides is 1. The molecule has 0 aliphatic carbocycles. The number of nitrogens with one attached hydrogen (secondary N) is 2. The maximum Gasteiger partial charge on any atom is 0.268 e. The Morgan fingerprint density at radius 3 is 2.62 bits per heavy atom. The van der Waals surface area contributed by atoms with Crippen molar-refractivity contribution in [2.24, 2.45) is 0 Å². The van der Waals surface area contributed by atoms with Gasteiger partial charge in [-0.05, 0) is 35.9 Å². The van der Waals surface area contributed by atoms with Crippen LogP contribution in [0.25, 0.3) is 10.9 Å². The second-order valence-corrected chi connectivity index (χ2v) is 8.74. The number of aromatic amines is 1. The van der Waals surface area contributed by atoms with Crippen LogP contribution in [-0.2, 0) is 11.1 Å². The summed E-state index contributed by atoms with van der Waals surface area (Å²) in [5.41, 5.74) is 2.32. The Kier molecular flexibility index (Phi) is 5.91. The summed E-state index contributed by atoms with van der Waals surface area (Å²) in [6.07, 6.45) is 3.41. The van der Waals surface area contributed by atoms with Crippen molar-refractivity contribution in [2.45, 2.75) is 6.54 Å². The van der Waals surface area contributed by atoms with Gasteiger partial charge in [-0.2, -0.15) is 0 Å². The summed E-state index contributed by atoms with van der Waals surface area (Å²) in [6.45, 7) is 0.410. The van der Waals surface area contributed by atoms with Gasteiger partial charge in [0.15, 0.2) is 0 Å². The van der Waals surface area contributed by atoms with Gasteiger partial charge in [0.05, 0.1) is 8.15 Å². The molecule has 0 radical (unpaired) electrons. The summed E-state index contributed by atoms with van der Waals surface area (Å²) < 4.78 is 5.90. The lowest BCUT2D eigenvalue weighted by atomic mass is 10.2. The minimum absolute atomic E-state index is 0.190. The van der Waals surface area contributed by atoms with E-state index in [4.69, 9.17) is 16.1 Å². The zero-order valence-electron chi connectivity index (χ0n) is 15.7. The molecule has 0 spiro atoms. The van der Waals surface area contributed by atoms with E-state index < -0.39 is 8.15 Å². The van der Waals surface area contributed by atoms with E-state index in [2.05, 4.69) is 15.3 Å². The molecule has 4 rings (SSSR count). The van der Waals surface area contributed by atoms with Gasteiger partial charge >= 0.3 is 0 Å². The molecule has 2 aromatic carbocycles. The van der Waals surface area contributed by atoms with E-state index in [0.29, 0.717) is 17.3 Å². The third kappa shape index (κ3) is 4.18. The van der Waals surface area contributed by atoms with Gasteiger partial charge in [-0.3, -0.25) is 9.78 Å². The topological polar surface area (TPSA) is 67.0 Å². The Labute approximate surface area is 174 Å². The van der Waals surface area contributed by atoms with Crippen LogP contribution in [0.1, 0.15) is 16.1 Å². The second-order valence-electron chi connectivity index (χ2n) is 6.39. The smallest absolute Gasteiger partial charge is 0.268 e. The molecule has 1 unspecified atom stereocenters. The van der Waals surface area contributed by atoms with Crippen molar-refractivity contribution in [2.75, 3.05) is 7.11 Å². The minimum Gasteiger partial charge on any atom is -0.353 e. The van der Waals surface area contributed by atoms with Crippen molar-refractivity contribution >= 4 is 47.2 Å². The molecule has 0 aliphatic rings. The Morgan fingerprint density at radius 1 is 1.14 bits per heavy atom. The van der Waals surface area contributed by atoms with Gasteiger partial charge in [0.25, 0.3) is 5.91 Å². The van der Waals surface area contributed by atoms with E-state index in [0.717, 1.165) is 27.1 Å². The zero-order valence-corrected chi connectivity index (χ0v) is 17.4. The summed E-state index contributed by atoms with van der Waals surface area (Å²) in [5, 5.41) is 6.34. The molecular formula is C22H19ClN3O2P. The number of benzene rings is 2. The Balaban J connectivity index is 1.77. The predicted octanol–water partition coefficient (Wildman–Crippen LogP) is 4.14. The average Bonchev–Trinajstić information content (AvgIpc) is 3.13. The van der Waals surface area contributed by atoms with Crippen LogP contribution >= 0.6 is 19.7 Å². The van der Waals surface area contributed by atoms with E-state index in [1.165, 1.54) is 0 Å². The summed E-state index contributed by atoms with van der Waals surface area (Å²) in [5.74, 6) is -0.190. The van der Waals surface area contributed by atoms with E-state index in [1.807, 2.05) is 54.6 Å². The number of fused-ring (bicyclic) bond motifs is 1. The normalized spacial score (nSPS) is 12.1. The fourth-order valence-corrected chi connectivity index (χ4v) is 5.22. The van der Waals surface area contributed by atoms with Crippen molar-refractivity contribution in [3.63, 3.8) is 0 Å². The van der Waals surface area contributed by atoms with Crippen molar-refractivity contribution in [3.8, 4) is 0 Å². The van der Waals surface area contributed by atoms with Gasteiger partial charge in [0.2, 0.25) is 0 Å². The van der Waals surface area contributed by atoms with Gasteiger partial charge in [0, 0.05) is 52.6 Å². The molecule has 2 aromatic heterocycles. The molecule has 146 valence electrons. The average molecular weight is 424 g/mol. The van der Waals surface area contributed by atoms with Crippen LogP contribution in [0.2, 0.25) is 5.02 Å². The highest BCUT2D eigenvalue weighted by atomic mass is 35.5. The highest BCUT2D eigenvalue weighted by Crippen LogP contribution is 2.38. The first-order valence-electron chi connectivity index (χ1n) is 9.05. The predicted molar refractivity (Wildman–Crippen MR) is 118 cm³/mol. The standard InChI is InChI=1S/C22H19ClN3O2P/c1-28-29(17-5-3-2-4-6-17)21-18-13-16(23)7-8-19(18)26-20(21)22(27)25-14-15-9-11-24-12-10-15/h2-13,26H,14H2,1H3,(H,25,27). The molecule has 5 nitrogen and oxygen atoms in total. The Bertz CT molecular complexity index is 1130. The first kappa shape index (κ1) is 19.6. The van der Waals surface area contributed by atoms with Gasteiger partial charge < -0.3 is 14.8 Å². The molecule has 1 amide bonds. The summed E-state index contributed by atoms with van der Waals surface area (Å²) in [4.78, 5) is 20.4. The van der Waals surface area contributed by atoms with Crippen molar-refractivity contribution in [3.05, 3.63) is 89.3 Å². The minimum atomic E-state index is -1.20. The van der Waals surface area contributed by atoms with Gasteiger partial charge in [-0.25, -0.2) is 0 Å². The van der Waals surface area contributed by atoms with Crippen LogP contribution in [-0.4, -0.2) is 23.0 Å². The second kappa shape index (κ2) is 8.75. The lowest BCUT2D eigenvalue weighted by Gasteiger charge is -2.17. The van der Waals surface area contributed by atoms with Crippen molar-refractivity contribution < 1.29 is 9.32 Å². The van der Waals surface area contributed by atoms with E-state index >= 15 is 0 Å². The number of carbonyl (C=O) groups is 1. The van der Waals surface area contributed by atoms with Gasteiger partial charge in [-0.15, -0.1) is 0 Å². The SMILES string of the molecule is COP(c1ccccc1)c1c(C(=O)NCc2ccncc2)[nH]c2ccc(Cl)cc12. The van der Waals surface area contributed by atoms with Crippen LogP contribution in [0, 0.1) is 0 Å². The first-order valence-corrected chi connectivity index (χ1v) is 10.7. The van der Waals surface area contributed by atoms with Crippen LogP contribution in [0.4, 0.5) is 0 Å². The number of carbonyl (C=O) groups excluding carboxylic acids is 1. The highest BCUT2D eigenvalue weighted by Gasteiger charge is 2.26. The van der Waals surface area contributed by atoms with Crippen LogP contribution in [0.3, 0.4) is 0 Å². The van der Waals surface area contributed by atoms with E-state index in [-0.39, 0.29) is 5.91 Å². The van der Waals surface area contributed by atoms with Crippen molar-refractivity contribution in [1.82, 2.24) is 15.3 Å². The molecule has 1 atom stereocenters. The number of hydrogen-bond donors (Lipinski definition) is 2. The van der Waals surface area contributed by atoms with E-state index in [1.54, 1.807) is 25.6 Å². The summed E-state index contributed by atoms with van der Waals surface area (Å²) >= 11 is 6.26. The molecule has 0 bridgehead atoms. The molecule has 0 aliphatic heterocycles. The number of halogens is 1. The quantitative estimate of drug-likeness (QED) is 0.458. The molecule has 29 heavy (non-hydrogen) atoms. The lowest BCUT2D eigenvalue weighted by molar-refractivity contribution is 0.0948. The van der Waals surface area contributed by atoms with Crippen molar-refractivity contribution in [1.29, 1.82) is 0 Å². The number of aromatic nitrogens is 2. The molecule has 2 N–H and O–H groups in total. The molecule has 4 aromatic rings. The number of nitrogens with zero attached hydrogens (tertiary/aromatic N) is 1. The summed E-state index contributed by atoms with van der Waals surface area (Å²) in [7, 11) is 0.465. The number of hydrogen-bond acceptors (Lipinski definition) is 3. The third-order valence-electron chi connectivity index (χ3n) is 4.54. The maximum atomic E-state index is 13.1. The lowest BCUT2D eigenvalue weighted by Crippen LogP contribution is -2.28. The molecule has 0 fully saturated rings. The number of H-pyrrole nitrogens is 1. The molecule has 2 heterocycles. The third-order valence-corrected chi connectivity index (χ3v) is 6.78. The number of rotatable bonds is 6. The summed E-state index contributed by atoms with van der Waals surface area (Å²) in [6, 6.07) is 19.2. The van der Waals surface area contributed by atoms with Gasteiger partial charge in [-0.1, -0.05) is 41.9 Å². The first-order chi connectivity index (χ1) is 14.2. The van der Waals surface area contributed by atoms with Gasteiger partial charge in [0.1, 0.15) is 5.69 Å². The number of pyridine rings is 1. The fourth-order valence-electron chi connectivity index (χ4n) is 3.19. The highest BCUT2D eigenvalue weighted by molar-refractivity contribution is 7.69.